The number of anilines is 2. The van der Waals surface area contributed by atoms with Gasteiger partial charge in [0.2, 0.25) is 12.3 Å². The molecule has 1 aromatic heterocycles. The van der Waals surface area contributed by atoms with Crippen molar-refractivity contribution in [1.82, 2.24) is 9.88 Å². The van der Waals surface area contributed by atoms with Crippen LogP contribution in [0.5, 0.6) is 0 Å². The van der Waals surface area contributed by atoms with Gasteiger partial charge in [-0.2, -0.15) is 0 Å². The van der Waals surface area contributed by atoms with Crippen molar-refractivity contribution in [2.45, 2.75) is 70.8 Å². The summed E-state index contributed by atoms with van der Waals surface area (Å²) in [6, 6.07) is 2.22. The Kier molecular flexibility index (Phi) is 8.16. The summed E-state index contributed by atoms with van der Waals surface area (Å²) >= 11 is 6.44. The van der Waals surface area contributed by atoms with Gasteiger partial charge in [0.15, 0.2) is 0 Å². The van der Waals surface area contributed by atoms with E-state index in [9.17, 15) is 9.59 Å². The van der Waals surface area contributed by atoms with Gasteiger partial charge in [-0.25, -0.2) is 4.98 Å². The summed E-state index contributed by atoms with van der Waals surface area (Å²) < 4.78 is 0. The Labute approximate surface area is 179 Å². The van der Waals surface area contributed by atoms with E-state index in [1.807, 2.05) is 4.90 Å². The van der Waals surface area contributed by atoms with Crippen molar-refractivity contribution in [3.63, 3.8) is 0 Å². The number of halogens is 1. The number of hydrogen-bond acceptors (Lipinski definition) is 4. The second-order valence-corrected chi connectivity index (χ2v) is 8.85. The average molecular weight is 421 g/mol. The number of nitrogens with zero attached hydrogens (tertiary/aromatic N) is 3. The third kappa shape index (κ3) is 6.33. The van der Waals surface area contributed by atoms with E-state index in [0.29, 0.717) is 22.7 Å². The molecule has 6 nitrogen and oxygen atoms in total. The zero-order chi connectivity index (χ0) is 20.6. The first kappa shape index (κ1) is 21.9. The number of rotatable bonds is 8. The third-order valence-corrected chi connectivity index (χ3v) is 6.45. The second kappa shape index (κ2) is 10.8. The lowest BCUT2D eigenvalue weighted by atomic mass is 9.92. The number of piperidine rings is 1. The first-order chi connectivity index (χ1) is 14.1. The third-order valence-electron chi connectivity index (χ3n) is 6.17. The molecule has 1 atom stereocenters. The highest BCUT2D eigenvalue weighted by Gasteiger charge is 2.24. The highest BCUT2D eigenvalue weighted by molar-refractivity contribution is 6.33. The fraction of sp³-hybridized carbons (Fsp3) is 0.682. The minimum Gasteiger partial charge on any atom is -0.355 e. The van der Waals surface area contributed by atoms with Crippen LogP contribution in [0.15, 0.2) is 12.3 Å². The van der Waals surface area contributed by atoms with Gasteiger partial charge in [-0.3, -0.25) is 9.59 Å². The van der Waals surface area contributed by atoms with E-state index in [4.69, 9.17) is 11.6 Å². The number of nitrogens with one attached hydrogen (secondary N) is 1. The van der Waals surface area contributed by atoms with E-state index in [0.717, 1.165) is 64.0 Å². The summed E-state index contributed by atoms with van der Waals surface area (Å²) in [5, 5.41) is 3.29. The quantitative estimate of drug-likeness (QED) is 0.629. The first-order valence-corrected chi connectivity index (χ1v) is 11.3. The number of carbonyl (C=O) groups excluding carboxylic acids is 2. The maximum Gasteiger partial charge on any atom is 0.221 e. The summed E-state index contributed by atoms with van der Waals surface area (Å²) in [5.74, 6) is 1.25. The van der Waals surface area contributed by atoms with Crippen molar-refractivity contribution in [3.05, 3.63) is 17.3 Å². The Hall–Kier alpha value is -1.82. The van der Waals surface area contributed by atoms with E-state index in [2.05, 4.69) is 15.2 Å². The summed E-state index contributed by atoms with van der Waals surface area (Å²) in [4.78, 5) is 31.5. The molecular formula is C22H33ClN4O2. The van der Waals surface area contributed by atoms with E-state index >= 15 is 0 Å². The predicted octanol–water partition coefficient (Wildman–Crippen LogP) is 4.48. The largest absolute Gasteiger partial charge is 0.355 e. The molecule has 0 bridgehead atoms. The fourth-order valence-electron chi connectivity index (χ4n) is 4.72. The van der Waals surface area contributed by atoms with Gasteiger partial charge in [0.05, 0.1) is 16.9 Å². The molecule has 29 heavy (non-hydrogen) atoms. The van der Waals surface area contributed by atoms with Crippen LogP contribution < -0.4 is 10.2 Å². The van der Waals surface area contributed by atoms with Gasteiger partial charge in [0.1, 0.15) is 5.82 Å². The van der Waals surface area contributed by atoms with Crippen molar-refractivity contribution in [3.8, 4) is 0 Å². The van der Waals surface area contributed by atoms with Gasteiger partial charge in [-0.15, -0.1) is 0 Å². The topological polar surface area (TPSA) is 65.5 Å². The second-order valence-electron chi connectivity index (χ2n) is 8.44. The molecule has 1 aromatic rings. The molecule has 1 unspecified atom stereocenters. The normalized spacial score (nSPS) is 20.3. The van der Waals surface area contributed by atoms with Crippen LogP contribution in [-0.4, -0.2) is 47.9 Å². The fourth-order valence-corrected chi connectivity index (χ4v) is 5.01. The van der Waals surface area contributed by atoms with E-state index < -0.39 is 0 Å². The molecule has 1 N–H and O–H groups in total. The van der Waals surface area contributed by atoms with Crippen molar-refractivity contribution in [2.24, 2.45) is 5.92 Å². The van der Waals surface area contributed by atoms with Gasteiger partial charge < -0.3 is 15.1 Å². The van der Waals surface area contributed by atoms with Crippen LogP contribution in [-0.2, 0) is 9.59 Å². The molecule has 2 heterocycles. The van der Waals surface area contributed by atoms with Crippen LogP contribution >= 0.6 is 11.6 Å². The molecule has 1 saturated carbocycles. The monoisotopic (exact) mass is 420 g/mol. The highest BCUT2D eigenvalue weighted by Crippen LogP contribution is 2.31. The molecule has 7 heteroatoms. The van der Waals surface area contributed by atoms with E-state index in [1.54, 1.807) is 12.3 Å². The Balaban J connectivity index is 1.50. The number of hydrogen-bond donors (Lipinski definition) is 1. The molecular weight excluding hydrogens is 388 g/mol. The van der Waals surface area contributed by atoms with Crippen molar-refractivity contribution < 1.29 is 9.59 Å². The molecule has 0 spiro atoms. The minimum absolute atomic E-state index is 0.133. The van der Waals surface area contributed by atoms with Crippen LogP contribution in [0, 0.1) is 5.92 Å². The van der Waals surface area contributed by atoms with Crippen LogP contribution in [0.1, 0.15) is 64.7 Å². The summed E-state index contributed by atoms with van der Waals surface area (Å²) in [6.45, 7) is 4.23. The van der Waals surface area contributed by atoms with E-state index in [-0.39, 0.29) is 5.91 Å². The molecule has 2 aliphatic rings. The van der Waals surface area contributed by atoms with Gasteiger partial charge in [0, 0.05) is 32.6 Å². The molecule has 160 valence electrons. The Morgan fingerprint density at radius 2 is 2.10 bits per heavy atom. The Morgan fingerprint density at radius 1 is 1.31 bits per heavy atom. The van der Waals surface area contributed by atoms with Gasteiger partial charge in [-0.1, -0.05) is 30.9 Å². The number of aromatic nitrogens is 1. The molecule has 3 rings (SSSR count). The highest BCUT2D eigenvalue weighted by atomic mass is 35.5. The zero-order valence-corrected chi connectivity index (χ0v) is 18.2. The standard InChI is InChI=1S/C22H33ClN4O2/c1-17(29)25-19-13-21(23)22(24-14-19)26-11-5-7-18(15-26)8-6-12-27(16-28)20-9-3-2-4-10-20/h13-14,16,18,20H,2-12,15H2,1H3,(H,25,29). The van der Waals surface area contributed by atoms with Crippen LogP contribution in [0.25, 0.3) is 0 Å². The number of carbonyl (C=O) groups is 2. The predicted molar refractivity (Wildman–Crippen MR) is 117 cm³/mol. The average Bonchev–Trinajstić information content (AvgIpc) is 2.72. The minimum atomic E-state index is -0.133. The van der Waals surface area contributed by atoms with Gasteiger partial charge in [0.25, 0.3) is 0 Å². The van der Waals surface area contributed by atoms with Gasteiger partial charge >= 0.3 is 0 Å². The molecule has 2 fully saturated rings. The first-order valence-electron chi connectivity index (χ1n) is 11.0. The summed E-state index contributed by atoms with van der Waals surface area (Å²) in [5.41, 5.74) is 0.622. The van der Waals surface area contributed by atoms with Crippen molar-refractivity contribution in [1.29, 1.82) is 0 Å². The van der Waals surface area contributed by atoms with Crippen molar-refractivity contribution >= 4 is 35.4 Å². The summed E-state index contributed by atoms with van der Waals surface area (Å²) in [6.07, 6.45) is 13.4. The number of pyridine rings is 1. The lowest BCUT2D eigenvalue weighted by molar-refractivity contribution is -0.121. The lowest BCUT2D eigenvalue weighted by Crippen LogP contribution is -2.38. The van der Waals surface area contributed by atoms with E-state index in [1.165, 1.54) is 32.6 Å². The van der Waals surface area contributed by atoms with Crippen molar-refractivity contribution in [2.75, 3.05) is 29.9 Å². The molecule has 0 radical (unpaired) electrons. The molecule has 0 aromatic carbocycles. The summed E-state index contributed by atoms with van der Waals surface area (Å²) in [7, 11) is 0. The maximum atomic E-state index is 11.5. The molecule has 1 aliphatic carbocycles. The Bertz CT molecular complexity index is 693. The maximum absolute atomic E-state index is 11.5. The number of amides is 2. The molecule has 1 aliphatic heterocycles. The smallest absolute Gasteiger partial charge is 0.221 e. The van der Waals surface area contributed by atoms with Crippen LogP contribution in [0.4, 0.5) is 11.5 Å². The molecule has 1 saturated heterocycles. The Morgan fingerprint density at radius 3 is 2.79 bits per heavy atom. The lowest BCUT2D eigenvalue weighted by Gasteiger charge is -2.35. The zero-order valence-electron chi connectivity index (χ0n) is 17.4. The van der Waals surface area contributed by atoms with Gasteiger partial charge in [-0.05, 0) is 50.5 Å². The molecule has 2 amide bonds. The van der Waals surface area contributed by atoms with Crippen LogP contribution in [0.3, 0.4) is 0 Å². The SMILES string of the molecule is CC(=O)Nc1cnc(N2CCCC(CCCN(C=O)C3CCCCC3)C2)c(Cl)c1. The van der Waals surface area contributed by atoms with Crippen LogP contribution in [0.2, 0.25) is 5.02 Å².